The van der Waals surface area contributed by atoms with E-state index >= 15 is 0 Å². The molecule has 3 nitrogen and oxygen atoms in total. The van der Waals surface area contributed by atoms with Gasteiger partial charge in [-0.15, -0.1) is 0 Å². The van der Waals surface area contributed by atoms with Crippen LogP contribution in [0.5, 0.6) is 0 Å². The zero-order valence-corrected chi connectivity index (χ0v) is 10.2. The Labute approximate surface area is 115 Å². The summed E-state index contributed by atoms with van der Waals surface area (Å²) in [6, 6.07) is 2.91. The number of carbonyl (C=O) groups excluding carboxylic acids is 1. The highest BCUT2D eigenvalue weighted by molar-refractivity contribution is 6.04. The second-order valence-corrected chi connectivity index (χ2v) is 4.00. The van der Waals surface area contributed by atoms with Gasteiger partial charge in [-0.25, -0.2) is 8.78 Å². The molecular formula is C13H7F5N2O. The molecule has 2 rings (SSSR count). The van der Waals surface area contributed by atoms with Crippen molar-refractivity contribution in [3.05, 3.63) is 59.4 Å². The van der Waals surface area contributed by atoms with E-state index in [0.29, 0.717) is 12.1 Å². The predicted molar refractivity (Wildman–Crippen MR) is 63.6 cm³/mol. The summed E-state index contributed by atoms with van der Waals surface area (Å²) in [4.78, 5) is 15.2. The molecule has 0 atom stereocenters. The molecule has 1 aromatic heterocycles. The van der Waals surface area contributed by atoms with Crippen molar-refractivity contribution in [1.82, 2.24) is 4.98 Å². The lowest BCUT2D eigenvalue weighted by Gasteiger charge is -2.10. The van der Waals surface area contributed by atoms with Crippen LogP contribution in [0.2, 0.25) is 0 Å². The average Bonchev–Trinajstić information content (AvgIpc) is 2.40. The van der Waals surface area contributed by atoms with Crippen LogP contribution in [0.25, 0.3) is 0 Å². The van der Waals surface area contributed by atoms with Gasteiger partial charge in [0, 0.05) is 11.8 Å². The van der Waals surface area contributed by atoms with Crippen molar-refractivity contribution in [3.8, 4) is 0 Å². The van der Waals surface area contributed by atoms with E-state index in [0.717, 1.165) is 18.3 Å². The molecule has 2 aromatic rings. The summed E-state index contributed by atoms with van der Waals surface area (Å²) in [6.07, 6.45) is -2.89. The molecule has 0 radical (unpaired) electrons. The third kappa shape index (κ3) is 3.33. The fourth-order valence-electron chi connectivity index (χ4n) is 1.55. The quantitative estimate of drug-likeness (QED) is 0.861. The lowest BCUT2D eigenvalue weighted by Crippen LogP contribution is -2.16. The SMILES string of the molecule is O=C(Nc1ccncc1F)c1ccc(F)c(C(F)(F)F)c1. The predicted octanol–water partition coefficient (Wildman–Crippen LogP) is 3.63. The van der Waals surface area contributed by atoms with E-state index in [-0.39, 0.29) is 5.69 Å². The summed E-state index contributed by atoms with van der Waals surface area (Å²) < 4.78 is 64.0. The van der Waals surface area contributed by atoms with Crippen LogP contribution >= 0.6 is 0 Å². The first-order valence-corrected chi connectivity index (χ1v) is 5.56. The maximum absolute atomic E-state index is 13.3. The van der Waals surface area contributed by atoms with Crippen LogP contribution in [0.15, 0.2) is 36.7 Å². The van der Waals surface area contributed by atoms with E-state index in [1.165, 1.54) is 6.20 Å². The summed E-state index contributed by atoms with van der Waals surface area (Å²) in [7, 11) is 0. The lowest BCUT2D eigenvalue weighted by molar-refractivity contribution is -0.140. The second kappa shape index (κ2) is 5.47. The van der Waals surface area contributed by atoms with Crippen molar-refractivity contribution in [3.63, 3.8) is 0 Å². The maximum atomic E-state index is 13.3. The van der Waals surface area contributed by atoms with Gasteiger partial charge in [-0.05, 0) is 24.3 Å². The van der Waals surface area contributed by atoms with E-state index in [1.807, 2.05) is 0 Å². The Morgan fingerprint density at radius 3 is 2.43 bits per heavy atom. The van der Waals surface area contributed by atoms with Crippen molar-refractivity contribution in [2.75, 3.05) is 5.32 Å². The van der Waals surface area contributed by atoms with Gasteiger partial charge in [-0.1, -0.05) is 0 Å². The topological polar surface area (TPSA) is 42.0 Å². The van der Waals surface area contributed by atoms with Crippen molar-refractivity contribution in [2.45, 2.75) is 6.18 Å². The van der Waals surface area contributed by atoms with Crippen LogP contribution in [0.1, 0.15) is 15.9 Å². The largest absolute Gasteiger partial charge is 0.419 e. The van der Waals surface area contributed by atoms with Gasteiger partial charge in [0.05, 0.1) is 17.4 Å². The lowest BCUT2D eigenvalue weighted by atomic mass is 10.1. The van der Waals surface area contributed by atoms with Crippen LogP contribution in [0.3, 0.4) is 0 Å². The Morgan fingerprint density at radius 1 is 1.10 bits per heavy atom. The molecule has 8 heteroatoms. The molecule has 0 saturated carbocycles. The molecular weight excluding hydrogens is 295 g/mol. The molecule has 1 aromatic carbocycles. The minimum Gasteiger partial charge on any atom is -0.319 e. The normalized spacial score (nSPS) is 11.3. The van der Waals surface area contributed by atoms with E-state index in [1.54, 1.807) is 0 Å². The number of carbonyl (C=O) groups is 1. The number of amides is 1. The number of nitrogens with one attached hydrogen (secondary N) is 1. The van der Waals surface area contributed by atoms with Crippen molar-refractivity contribution >= 4 is 11.6 Å². The number of nitrogens with zero attached hydrogens (tertiary/aromatic N) is 1. The number of rotatable bonds is 2. The van der Waals surface area contributed by atoms with Crippen molar-refractivity contribution in [1.29, 1.82) is 0 Å². The van der Waals surface area contributed by atoms with E-state index in [9.17, 15) is 26.7 Å². The monoisotopic (exact) mass is 302 g/mol. The Bertz CT molecular complexity index is 685. The zero-order valence-electron chi connectivity index (χ0n) is 10.2. The summed E-state index contributed by atoms with van der Waals surface area (Å²) in [5.74, 6) is -3.33. The highest BCUT2D eigenvalue weighted by Gasteiger charge is 2.34. The first kappa shape index (κ1) is 14.9. The van der Waals surface area contributed by atoms with Gasteiger partial charge in [0.2, 0.25) is 0 Å². The standard InChI is InChI=1S/C13H7F5N2O/c14-9-2-1-7(5-8(9)13(16,17)18)12(21)20-11-3-4-19-6-10(11)15/h1-6H,(H,19,20,21). The molecule has 1 N–H and O–H groups in total. The molecule has 0 aliphatic carbocycles. The Morgan fingerprint density at radius 2 is 1.81 bits per heavy atom. The molecule has 0 aliphatic heterocycles. The molecule has 110 valence electrons. The van der Waals surface area contributed by atoms with Gasteiger partial charge in [0.15, 0.2) is 5.82 Å². The number of halogens is 5. The number of hydrogen-bond acceptors (Lipinski definition) is 2. The van der Waals surface area contributed by atoms with Crippen molar-refractivity contribution < 1.29 is 26.7 Å². The number of pyridine rings is 1. The third-order valence-electron chi connectivity index (χ3n) is 2.55. The number of benzene rings is 1. The Kier molecular flexibility index (Phi) is 3.88. The van der Waals surface area contributed by atoms with Gasteiger partial charge < -0.3 is 5.32 Å². The Balaban J connectivity index is 2.31. The first-order valence-electron chi connectivity index (χ1n) is 5.56. The molecule has 0 fully saturated rings. The molecule has 0 saturated heterocycles. The van der Waals surface area contributed by atoms with Crippen molar-refractivity contribution in [2.24, 2.45) is 0 Å². The van der Waals surface area contributed by atoms with Crippen LogP contribution in [-0.4, -0.2) is 10.9 Å². The molecule has 0 spiro atoms. The van der Waals surface area contributed by atoms with Crippen LogP contribution in [-0.2, 0) is 6.18 Å². The summed E-state index contributed by atoms with van der Waals surface area (Å²) in [5, 5.41) is 2.08. The molecule has 0 bridgehead atoms. The number of alkyl halides is 3. The van der Waals surface area contributed by atoms with E-state index < -0.39 is 34.8 Å². The minimum absolute atomic E-state index is 0.243. The smallest absolute Gasteiger partial charge is 0.319 e. The molecule has 0 aliphatic rings. The van der Waals surface area contributed by atoms with Crippen LogP contribution < -0.4 is 5.32 Å². The second-order valence-electron chi connectivity index (χ2n) is 4.00. The molecule has 21 heavy (non-hydrogen) atoms. The van der Waals surface area contributed by atoms with Gasteiger partial charge in [0.1, 0.15) is 5.82 Å². The highest BCUT2D eigenvalue weighted by atomic mass is 19.4. The van der Waals surface area contributed by atoms with E-state index in [2.05, 4.69) is 10.3 Å². The maximum Gasteiger partial charge on any atom is 0.419 e. The summed E-state index contributed by atoms with van der Waals surface area (Å²) >= 11 is 0. The third-order valence-corrected chi connectivity index (χ3v) is 2.55. The minimum atomic E-state index is -4.93. The molecule has 0 unspecified atom stereocenters. The van der Waals surface area contributed by atoms with Gasteiger partial charge in [-0.2, -0.15) is 13.2 Å². The van der Waals surface area contributed by atoms with Crippen LogP contribution in [0, 0.1) is 11.6 Å². The summed E-state index contributed by atoms with van der Waals surface area (Å²) in [6.45, 7) is 0. The van der Waals surface area contributed by atoms with Gasteiger partial charge in [-0.3, -0.25) is 9.78 Å². The molecule has 1 amide bonds. The van der Waals surface area contributed by atoms with E-state index in [4.69, 9.17) is 0 Å². The first-order chi connectivity index (χ1) is 9.79. The fraction of sp³-hybridized carbons (Fsp3) is 0.0769. The average molecular weight is 302 g/mol. The van der Waals surface area contributed by atoms with Gasteiger partial charge in [0.25, 0.3) is 5.91 Å². The molecule has 1 heterocycles. The zero-order chi connectivity index (χ0) is 15.6. The fourth-order valence-corrected chi connectivity index (χ4v) is 1.55. The highest BCUT2D eigenvalue weighted by Crippen LogP contribution is 2.32. The van der Waals surface area contributed by atoms with Gasteiger partial charge >= 0.3 is 6.18 Å². The number of aromatic nitrogens is 1. The number of hydrogen-bond donors (Lipinski definition) is 1. The summed E-state index contributed by atoms with van der Waals surface area (Å²) in [5.41, 5.74) is -2.25. The Hall–Kier alpha value is -2.51. The number of anilines is 1. The van der Waals surface area contributed by atoms with Crippen LogP contribution in [0.4, 0.5) is 27.6 Å².